The van der Waals surface area contributed by atoms with Gasteiger partial charge >= 0.3 is 0 Å². The van der Waals surface area contributed by atoms with Gasteiger partial charge in [-0.3, -0.25) is 0 Å². The Kier molecular flexibility index (Phi) is 9.17. The molecule has 1 aliphatic rings. The van der Waals surface area contributed by atoms with Gasteiger partial charge in [0.25, 0.3) is 0 Å². The van der Waals surface area contributed by atoms with Gasteiger partial charge in [-0.1, -0.05) is 62.8 Å². The molecular weight excluding hydrogens is 380 g/mol. The molecule has 0 aromatic heterocycles. The summed E-state index contributed by atoms with van der Waals surface area (Å²) in [6, 6.07) is 17.1. The van der Waals surface area contributed by atoms with Crippen molar-refractivity contribution in [2.24, 2.45) is 0 Å². The molecule has 0 spiro atoms. The lowest BCUT2D eigenvalue weighted by atomic mass is 10.0. The molecule has 1 atom stereocenters. The molecule has 4 heteroatoms. The Bertz CT molecular complexity index is 702. The molecule has 3 nitrogen and oxygen atoms in total. The van der Waals surface area contributed by atoms with Crippen molar-refractivity contribution in [3.05, 3.63) is 59.1 Å². The number of anilines is 1. The van der Waals surface area contributed by atoms with E-state index in [4.69, 9.17) is 16.3 Å². The van der Waals surface area contributed by atoms with E-state index in [1.807, 2.05) is 24.3 Å². The van der Waals surface area contributed by atoms with Crippen LogP contribution in [0.15, 0.2) is 48.5 Å². The summed E-state index contributed by atoms with van der Waals surface area (Å²) in [4.78, 5) is 2.47. The van der Waals surface area contributed by atoms with E-state index in [1.54, 1.807) is 0 Å². The van der Waals surface area contributed by atoms with Crippen molar-refractivity contribution in [3.8, 4) is 5.75 Å². The zero-order valence-electron chi connectivity index (χ0n) is 17.7. The zero-order valence-corrected chi connectivity index (χ0v) is 18.5. The fourth-order valence-electron chi connectivity index (χ4n) is 3.94. The lowest BCUT2D eigenvalue weighted by Crippen LogP contribution is -2.54. The van der Waals surface area contributed by atoms with Crippen LogP contribution in [0.4, 0.5) is 5.69 Å². The second-order valence-electron chi connectivity index (χ2n) is 8.00. The highest BCUT2D eigenvalue weighted by atomic mass is 35.5. The molecule has 0 radical (unpaired) electrons. The number of benzene rings is 2. The standard InChI is InChI=1S/C25H35ClN2O/c1-2-3-4-5-6-7-8-21-9-13-23(14-10-21)28-18-17-27-19-24(28)20-29-25-15-11-22(26)12-16-25/h9-16,24,27H,2-8,17-20H2,1H3. The van der Waals surface area contributed by atoms with E-state index in [0.717, 1.165) is 30.4 Å². The lowest BCUT2D eigenvalue weighted by Gasteiger charge is -2.37. The molecular formula is C25H35ClN2O. The van der Waals surface area contributed by atoms with Crippen molar-refractivity contribution >= 4 is 17.3 Å². The highest BCUT2D eigenvalue weighted by Gasteiger charge is 2.23. The summed E-state index contributed by atoms with van der Waals surface area (Å²) in [5, 5.41) is 4.23. The van der Waals surface area contributed by atoms with Crippen LogP contribution in [0.25, 0.3) is 0 Å². The van der Waals surface area contributed by atoms with Gasteiger partial charge in [0.2, 0.25) is 0 Å². The largest absolute Gasteiger partial charge is 0.491 e. The summed E-state index contributed by atoms with van der Waals surface area (Å²) >= 11 is 5.96. The van der Waals surface area contributed by atoms with Gasteiger partial charge in [-0.2, -0.15) is 0 Å². The van der Waals surface area contributed by atoms with E-state index in [2.05, 4.69) is 41.4 Å². The van der Waals surface area contributed by atoms with Crippen LogP contribution in [-0.4, -0.2) is 32.3 Å². The Hall–Kier alpha value is -1.71. The fourth-order valence-corrected chi connectivity index (χ4v) is 4.06. The van der Waals surface area contributed by atoms with Gasteiger partial charge in [0.05, 0.1) is 6.04 Å². The van der Waals surface area contributed by atoms with Crippen LogP contribution in [0.2, 0.25) is 5.02 Å². The number of piperazine rings is 1. The molecule has 2 aromatic carbocycles. The number of ether oxygens (including phenoxy) is 1. The van der Waals surface area contributed by atoms with Gasteiger partial charge in [0.1, 0.15) is 12.4 Å². The second kappa shape index (κ2) is 12.1. The van der Waals surface area contributed by atoms with E-state index in [9.17, 15) is 0 Å². The first-order chi connectivity index (χ1) is 14.3. The Labute approximate surface area is 181 Å². The number of rotatable bonds is 11. The summed E-state index contributed by atoms with van der Waals surface area (Å²) in [5.41, 5.74) is 2.75. The van der Waals surface area contributed by atoms with Crippen LogP contribution in [0.1, 0.15) is 51.0 Å². The van der Waals surface area contributed by atoms with Gasteiger partial charge in [-0.25, -0.2) is 0 Å². The predicted molar refractivity (Wildman–Crippen MR) is 124 cm³/mol. The van der Waals surface area contributed by atoms with E-state index < -0.39 is 0 Å². The van der Waals surface area contributed by atoms with Crippen molar-refractivity contribution < 1.29 is 4.74 Å². The molecule has 29 heavy (non-hydrogen) atoms. The molecule has 2 aromatic rings. The Morgan fingerprint density at radius 2 is 1.69 bits per heavy atom. The quantitative estimate of drug-likeness (QED) is 0.449. The first-order valence-electron chi connectivity index (χ1n) is 11.2. The van der Waals surface area contributed by atoms with Gasteiger partial charge in [-0.05, 0) is 54.8 Å². The number of nitrogens with zero attached hydrogens (tertiary/aromatic N) is 1. The Morgan fingerprint density at radius 1 is 0.966 bits per heavy atom. The number of hydrogen-bond acceptors (Lipinski definition) is 3. The van der Waals surface area contributed by atoms with Crippen LogP contribution in [-0.2, 0) is 6.42 Å². The summed E-state index contributed by atoms with van der Waals surface area (Å²) in [6.07, 6.45) is 9.30. The second-order valence-corrected chi connectivity index (χ2v) is 8.44. The van der Waals surface area contributed by atoms with Crippen molar-refractivity contribution in [1.82, 2.24) is 5.32 Å². The summed E-state index contributed by atoms with van der Waals surface area (Å²) in [7, 11) is 0. The van der Waals surface area contributed by atoms with E-state index in [0.29, 0.717) is 12.6 Å². The highest BCUT2D eigenvalue weighted by molar-refractivity contribution is 6.30. The third-order valence-electron chi connectivity index (χ3n) is 5.69. The number of nitrogens with one attached hydrogen (secondary N) is 1. The zero-order chi connectivity index (χ0) is 20.3. The Morgan fingerprint density at radius 3 is 2.45 bits per heavy atom. The molecule has 1 aliphatic heterocycles. The minimum Gasteiger partial charge on any atom is -0.491 e. The lowest BCUT2D eigenvalue weighted by molar-refractivity contribution is 0.267. The van der Waals surface area contributed by atoms with E-state index in [1.165, 1.54) is 56.2 Å². The van der Waals surface area contributed by atoms with Crippen LogP contribution in [0.5, 0.6) is 5.75 Å². The minimum atomic E-state index is 0.323. The monoisotopic (exact) mass is 414 g/mol. The maximum absolute atomic E-state index is 6.03. The average molecular weight is 415 g/mol. The number of unbranched alkanes of at least 4 members (excludes halogenated alkanes) is 5. The third kappa shape index (κ3) is 7.24. The van der Waals surface area contributed by atoms with Crippen molar-refractivity contribution in [2.75, 3.05) is 31.1 Å². The highest BCUT2D eigenvalue weighted by Crippen LogP contribution is 2.22. The fraction of sp³-hybridized carbons (Fsp3) is 0.520. The van der Waals surface area contributed by atoms with Crippen LogP contribution >= 0.6 is 11.6 Å². The van der Waals surface area contributed by atoms with Crippen LogP contribution < -0.4 is 15.0 Å². The maximum atomic E-state index is 6.03. The number of aryl methyl sites for hydroxylation is 1. The first-order valence-corrected chi connectivity index (χ1v) is 11.6. The smallest absolute Gasteiger partial charge is 0.119 e. The van der Waals surface area contributed by atoms with Crippen LogP contribution in [0.3, 0.4) is 0 Å². The van der Waals surface area contributed by atoms with Crippen LogP contribution in [0, 0.1) is 0 Å². The van der Waals surface area contributed by atoms with Gasteiger partial charge in [0.15, 0.2) is 0 Å². The summed E-state index contributed by atoms with van der Waals surface area (Å²) < 4.78 is 6.03. The molecule has 0 aliphatic carbocycles. The van der Waals surface area contributed by atoms with Crippen molar-refractivity contribution in [3.63, 3.8) is 0 Å². The summed E-state index contributed by atoms with van der Waals surface area (Å²) in [6.45, 7) is 5.89. The van der Waals surface area contributed by atoms with Gasteiger partial charge in [-0.15, -0.1) is 0 Å². The Balaban J connectivity index is 1.49. The normalized spacial score (nSPS) is 16.8. The topological polar surface area (TPSA) is 24.5 Å². The molecule has 158 valence electrons. The van der Waals surface area contributed by atoms with Crippen molar-refractivity contribution in [2.45, 2.75) is 57.9 Å². The molecule has 1 saturated heterocycles. The third-order valence-corrected chi connectivity index (χ3v) is 5.95. The van der Waals surface area contributed by atoms with Gasteiger partial charge < -0.3 is 15.0 Å². The molecule has 0 amide bonds. The first kappa shape index (κ1) is 22.0. The molecule has 3 rings (SSSR count). The maximum Gasteiger partial charge on any atom is 0.119 e. The minimum absolute atomic E-state index is 0.323. The van der Waals surface area contributed by atoms with E-state index >= 15 is 0 Å². The predicted octanol–water partition coefficient (Wildman–Crippen LogP) is 6.10. The molecule has 1 N–H and O–H groups in total. The SMILES string of the molecule is CCCCCCCCc1ccc(N2CCNCC2COc2ccc(Cl)cc2)cc1. The van der Waals surface area contributed by atoms with E-state index in [-0.39, 0.29) is 0 Å². The molecule has 0 saturated carbocycles. The molecule has 0 bridgehead atoms. The van der Waals surface area contributed by atoms with Gasteiger partial charge in [0, 0.05) is 30.3 Å². The summed E-state index contributed by atoms with van der Waals surface area (Å²) in [5.74, 6) is 0.870. The molecule has 1 heterocycles. The number of halogens is 1. The molecule has 1 fully saturated rings. The average Bonchev–Trinajstić information content (AvgIpc) is 2.76. The molecule has 1 unspecified atom stereocenters. The van der Waals surface area contributed by atoms with Crippen molar-refractivity contribution in [1.29, 1.82) is 0 Å². The number of hydrogen-bond donors (Lipinski definition) is 1.